The number of nitrogens with one attached hydrogen (secondary N) is 1. The van der Waals surface area contributed by atoms with Crippen LogP contribution < -0.4 is 10.1 Å². The number of fused-ring (bicyclic) bond motifs is 1. The van der Waals surface area contributed by atoms with E-state index < -0.39 is 5.60 Å². The van der Waals surface area contributed by atoms with Crippen LogP contribution in [0.2, 0.25) is 0 Å². The third kappa shape index (κ3) is 5.62. The van der Waals surface area contributed by atoms with Crippen molar-refractivity contribution < 1.29 is 23.8 Å². The normalized spacial score (nSPS) is 17.6. The second-order valence-electron chi connectivity index (χ2n) is 8.41. The van der Waals surface area contributed by atoms with E-state index in [1.54, 1.807) is 49.6 Å². The van der Waals surface area contributed by atoms with Crippen molar-refractivity contribution in [2.75, 3.05) is 19.0 Å². The van der Waals surface area contributed by atoms with Gasteiger partial charge in [-0.25, -0.2) is 0 Å². The highest BCUT2D eigenvalue weighted by Gasteiger charge is 2.34. The molecule has 0 bridgehead atoms. The first kappa shape index (κ1) is 22.3. The molecule has 1 aliphatic rings. The van der Waals surface area contributed by atoms with Crippen LogP contribution in [0, 0.1) is 17.2 Å². The Kier molecular flexibility index (Phi) is 6.62. The molecule has 0 saturated carbocycles. The number of carbonyl (C=O) groups excluding carboxylic acids is 2. The van der Waals surface area contributed by atoms with Gasteiger partial charge in [-0.05, 0) is 63.2 Å². The monoisotopic (exact) mass is 422 g/mol. The number of methoxy groups -OCH3 is 1. The number of anilines is 1. The van der Waals surface area contributed by atoms with Gasteiger partial charge in [-0.2, -0.15) is 5.26 Å². The average molecular weight is 422 g/mol. The molecule has 1 heterocycles. The van der Waals surface area contributed by atoms with Gasteiger partial charge in [0.2, 0.25) is 0 Å². The fourth-order valence-corrected chi connectivity index (χ4v) is 3.50. The zero-order valence-electron chi connectivity index (χ0n) is 18.1. The van der Waals surface area contributed by atoms with Gasteiger partial charge in [-0.3, -0.25) is 9.59 Å². The summed E-state index contributed by atoms with van der Waals surface area (Å²) in [6, 6.07) is 13.7. The molecular formula is C24H26N2O5. The van der Waals surface area contributed by atoms with Crippen molar-refractivity contribution in [1.29, 1.82) is 5.26 Å². The smallest absolute Gasteiger partial charge is 0.306 e. The van der Waals surface area contributed by atoms with Gasteiger partial charge in [-0.1, -0.05) is 0 Å². The Morgan fingerprint density at radius 2 is 1.90 bits per heavy atom. The molecule has 1 N–H and O–H groups in total. The lowest BCUT2D eigenvalue weighted by molar-refractivity contribution is -0.158. The minimum atomic E-state index is -0.560. The Balaban J connectivity index is 1.76. The largest absolute Gasteiger partial charge is 0.493 e. The number of nitriles is 1. The van der Waals surface area contributed by atoms with E-state index >= 15 is 0 Å². The number of hydrogen-bond acceptors (Lipinski definition) is 6. The van der Waals surface area contributed by atoms with E-state index in [0.29, 0.717) is 29.2 Å². The van der Waals surface area contributed by atoms with Crippen molar-refractivity contribution in [3.05, 3.63) is 59.2 Å². The molecule has 2 aromatic rings. The van der Waals surface area contributed by atoms with Crippen LogP contribution in [-0.4, -0.2) is 31.2 Å². The summed E-state index contributed by atoms with van der Waals surface area (Å²) in [5, 5.41) is 11.7. The predicted octanol–water partition coefficient (Wildman–Crippen LogP) is 4.24. The zero-order valence-corrected chi connectivity index (χ0v) is 18.1. The lowest BCUT2D eigenvalue weighted by atomic mass is 9.90. The van der Waals surface area contributed by atoms with Crippen molar-refractivity contribution in [3.8, 4) is 11.8 Å². The number of rotatable bonds is 5. The van der Waals surface area contributed by atoms with Gasteiger partial charge >= 0.3 is 5.97 Å². The molecule has 3 rings (SSSR count). The molecule has 2 atom stereocenters. The molecule has 0 spiro atoms. The van der Waals surface area contributed by atoms with Gasteiger partial charge in [-0.15, -0.1) is 0 Å². The van der Waals surface area contributed by atoms with Gasteiger partial charge in [0, 0.05) is 29.8 Å². The number of ether oxygens (including phenoxy) is 3. The molecule has 1 amide bonds. The van der Waals surface area contributed by atoms with E-state index in [1.165, 1.54) is 0 Å². The topological polar surface area (TPSA) is 97.6 Å². The summed E-state index contributed by atoms with van der Waals surface area (Å²) in [7, 11) is 1.59. The summed E-state index contributed by atoms with van der Waals surface area (Å²) in [5.74, 6) is -0.155. The van der Waals surface area contributed by atoms with Crippen molar-refractivity contribution in [1.82, 2.24) is 0 Å². The van der Waals surface area contributed by atoms with Crippen LogP contribution in [0.1, 0.15) is 54.8 Å². The number of hydrogen-bond donors (Lipinski definition) is 1. The highest BCUT2D eigenvalue weighted by Crippen LogP contribution is 2.40. The summed E-state index contributed by atoms with van der Waals surface area (Å²) < 4.78 is 17.0. The van der Waals surface area contributed by atoms with Crippen LogP contribution >= 0.6 is 0 Å². The van der Waals surface area contributed by atoms with Crippen molar-refractivity contribution in [3.63, 3.8) is 0 Å². The number of benzene rings is 2. The van der Waals surface area contributed by atoms with Crippen LogP contribution in [0.3, 0.4) is 0 Å². The second kappa shape index (κ2) is 9.19. The maximum Gasteiger partial charge on any atom is 0.306 e. The minimum Gasteiger partial charge on any atom is -0.493 e. The molecular weight excluding hydrogens is 396 g/mol. The van der Waals surface area contributed by atoms with Crippen LogP contribution in [0.15, 0.2) is 42.5 Å². The van der Waals surface area contributed by atoms with E-state index in [-0.39, 0.29) is 30.3 Å². The summed E-state index contributed by atoms with van der Waals surface area (Å²) >= 11 is 0. The number of carbonyl (C=O) groups is 2. The van der Waals surface area contributed by atoms with Crippen LogP contribution in [0.5, 0.6) is 5.75 Å². The molecule has 162 valence electrons. The minimum absolute atomic E-state index is 0.164. The first-order chi connectivity index (χ1) is 14.7. The van der Waals surface area contributed by atoms with E-state index in [1.807, 2.05) is 26.8 Å². The molecule has 2 unspecified atom stereocenters. The van der Waals surface area contributed by atoms with E-state index in [4.69, 9.17) is 19.5 Å². The van der Waals surface area contributed by atoms with Crippen molar-refractivity contribution in [2.45, 2.75) is 38.9 Å². The fourth-order valence-electron chi connectivity index (χ4n) is 3.50. The van der Waals surface area contributed by atoms with Gasteiger partial charge in [0.1, 0.15) is 11.4 Å². The van der Waals surface area contributed by atoms with Gasteiger partial charge in [0.15, 0.2) is 0 Å². The Labute approximate surface area is 181 Å². The molecule has 1 aliphatic heterocycles. The number of esters is 1. The molecule has 0 saturated heterocycles. The predicted molar refractivity (Wildman–Crippen MR) is 115 cm³/mol. The highest BCUT2D eigenvalue weighted by atomic mass is 16.6. The summed E-state index contributed by atoms with van der Waals surface area (Å²) in [6.45, 7) is 5.82. The average Bonchev–Trinajstić information content (AvgIpc) is 2.72. The van der Waals surface area contributed by atoms with Crippen LogP contribution in [0.4, 0.5) is 5.69 Å². The van der Waals surface area contributed by atoms with Gasteiger partial charge in [0.05, 0.1) is 30.8 Å². The van der Waals surface area contributed by atoms with Crippen molar-refractivity contribution in [2.24, 2.45) is 5.92 Å². The molecule has 0 radical (unpaired) electrons. The number of nitrogens with zero attached hydrogens (tertiary/aromatic N) is 1. The Morgan fingerprint density at radius 3 is 2.52 bits per heavy atom. The maximum absolute atomic E-state index is 12.6. The van der Waals surface area contributed by atoms with Crippen LogP contribution in [0.25, 0.3) is 0 Å². The highest BCUT2D eigenvalue weighted by molar-refractivity contribution is 6.04. The third-order valence-electron chi connectivity index (χ3n) is 4.83. The lowest BCUT2D eigenvalue weighted by Crippen LogP contribution is -2.32. The SMILES string of the molecule is COC1c2cc(NC(=O)c3ccc(C#N)cc3)ccc2OCC1CC(=O)OC(C)(C)C. The molecule has 7 nitrogen and oxygen atoms in total. The summed E-state index contributed by atoms with van der Waals surface area (Å²) in [4.78, 5) is 24.9. The molecule has 7 heteroatoms. The summed E-state index contributed by atoms with van der Waals surface area (Å²) in [6.07, 6.45) is -0.208. The standard InChI is InChI=1S/C24H26N2O5/c1-24(2,3)31-21(27)11-17-14-30-20-10-9-18(12-19(20)22(17)29-4)26-23(28)16-7-5-15(13-25)6-8-16/h5-10,12,17,22H,11,14H2,1-4H3,(H,26,28). The zero-order chi connectivity index (χ0) is 22.6. The number of amides is 1. The molecule has 31 heavy (non-hydrogen) atoms. The Bertz CT molecular complexity index is 1000. The van der Waals surface area contributed by atoms with Gasteiger partial charge in [0.25, 0.3) is 5.91 Å². The molecule has 0 fully saturated rings. The third-order valence-corrected chi connectivity index (χ3v) is 4.83. The maximum atomic E-state index is 12.6. The first-order valence-electron chi connectivity index (χ1n) is 10.0. The summed E-state index contributed by atoms with van der Waals surface area (Å²) in [5.41, 5.74) is 1.72. The van der Waals surface area contributed by atoms with E-state index in [9.17, 15) is 9.59 Å². The molecule has 0 aromatic heterocycles. The molecule has 2 aromatic carbocycles. The van der Waals surface area contributed by atoms with E-state index in [2.05, 4.69) is 5.32 Å². The quantitative estimate of drug-likeness (QED) is 0.724. The fraction of sp³-hybridized carbons (Fsp3) is 0.375. The first-order valence-corrected chi connectivity index (χ1v) is 10.0. The second-order valence-corrected chi connectivity index (χ2v) is 8.41. The van der Waals surface area contributed by atoms with Crippen LogP contribution in [-0.2, 0) is 14.3 Å². The Hall–Kier alpha value is -3.37. The lowest BCUT2D eigenvalue weighted by Gasteiger charge is -2.33. The van der Waals surface area contributed by atoms with E-state index in [0.717, 1.165) is 5.56 Å². The molecule has 0 aliphatic carbocycles. The van der Waals surface area contributed by atoms with Gasteiger partial charge < -0.3 is 19.5 Å². The Morgan fingerprint density at radius 1 is 1.19 bits per heavy atom. The van der Waals surface area contributed by atoms with Crippen molar-refractivity contribution >= 4 is 17.6 Å².